The summed E-state index contributed by atoms with van der Waals surface area (Å²) in [5, 5.41) is 0. The van der Waals surface area contributed by atoms with Gasteiger partial charge < -0.3 is 15.1 Å². The lowest BCUT2D eigenvalue weighted by Gasteiger charge is -2.19. The molecule has 0 amide bonds. The number of nitrogens with zero attached hydrogens (tertiary/aromatic N) is 2. The van der Waals surface area contributed by atoms with Crippen molar-refractivity contribution in [3.63, 3.8) is 0 Å². The van der Waals surface area contributed by atoms with Gasteiger partial charge in [-0.3, -0.25) is 15.3 Å². The van der Waals surface area contributed by atoms with Crippen LogP contribution >= 0.6 is 0 Å². The highest BCUT2D eigenvalue weighted by Crippen LogP contribution is 2.09. The van der Waals surface area contributed by atoms with Crippen molar-refractivity contribution in [3.8, 4) is 0 Å². The van der Waals surface area contributed by atoms with Crippen LogP contribution < -0.4 is 5.73 Å². The van der Waals surface area contributed by atoms with Crippen LogP contribution in [-0.2, 0) is 14.3 Å². The molecule has 0 aromatic heterocycles. The molecule has 2 N–H and O–H groups in total. The van der Waals surface area contributed by atoms with Crippen LogP contribution in [0.15, 0.2) is 0 Å². The number of Topliss-reactive ketones (excluding diaryl/α,β-unsaturated/α-hetero) is 1. The predicted molar refractivity (Wildman–Crippen MR) is 52.9 cm³/mol. The number of nitrogens with two attached hydrogens (primary N) is 1. The van der Waals surface area contributed by atoms with Gasteiger partial charge >= 0.3 is 11.8 Å². The summed E-state index contributed by atoms with van der Waals surface area (Å²) in [7, 11) is 0. The smallest absolute Gasteiger partial charge is 0.394 e. The lowest BCUT2D eigenvalue weighted by molar-refractivity contribution is -0.155. The molecule has 15 heavy (non-hydrogen) atoms. The van der Waals surface area contributed by atoms with Crippen LogP contribution in [0.5, 0.6) is 0 Å². The number of ether oxygens (including phenoxy) is 1. The maximum absolute atomic E-state index is 11.2. The number of rotatable bonds is 4. The molecular weight excluding hydrogens is 198 g/mol. The van der Waals surface area contributed by atoms with Crippen LogP contribution in [0.25, 0.3) is 5.53 Å². The number of carbonyl (C=O) groups is 2. The number of amidine groups is 1. The van der Waals surface area contributed by atoms with Gasteiger partial charge in [-0.15, -0.1) is 0 Å². The first-order chi connectivity index (χ1) is 6.76. The van der Waals surface area contributed by atoms with Crippen molar-refractivity contribution < 1.29 is 19.1 Å². The van der Waals surface area contributed by atoms with Gasteiger partial charge in [-0.2, -0.15) is 0 Å². The Hall–Kier alpha value is -1.68. The van der Waals surface area contributed by atoms with Crippen molar-refractivity contribution in [3.05, 3.63) is 5.53 Å². The second-order valence-corrected chi connectivity index (χ2v) is 3.99. The zero-order valence-electron chi connectivity index (χ0n) is 9.11. The molecule has 0 aliphatic carbocycles. The van der Waals surface area contributed by atoms with E-state index in [4.69, 9.17) is 16.0 Å². The minimum absolute atomic E-state index is 0.0771. The van der Waals surface area contributed by atoms with Crippen molar-refractivity contribution in [1.29, 1.82) is 0 Å². The summed E-state index contributed by atoms with van der Waals surface area (Å²) < 4.78 is 4.97. The summed E-state index contributed by atoms with van der Waals surface area (Å²) in [5.74, 6) is -1.57. The molecule has 0 aliphatic rings. The van der Waals surface area contributed by atoms with E-state index in [1.54, 1.807) is 20.8 Å². The van der Waals surface area contributed by atoms with Crippen molar-refractivity contribution in [2.45, 2.75) is 39.2 Å². The van der Waals surface area contributed by atoms with Gasteiger partial charge in [-0.25, -0.2) is 0 Å². The first kappa shape index (κ1) is 13.3. The summed E-state index contributed by atoms with van der Waals surface area (Å²) in [4.78, 5) is 24.7. The summed E-state index contributed by atoms with van der Waals surface area (Å²) >= 11 is 0. The Labute approximate surface area is 88.0 Å². The number of ketones is 1. The number of hydrogen-bond acceptors (Lipinski definition) is 3. The number of esters is 1. The molecule has 0 aromatic rings. The molecule has 0 saturated heterocycles. The first-order valence-corrected chi connectivity index (χ1v) is 4.49. The van der Waals surface area contributed by atoms with Gasteiger partial charge in [-0.1, -0.05) is 0 Å². The molecule has 0 aromatic carbocycles. The number of carbonyl (C=O) groups excluding carboxylic acids is 2. The van der Waals surface area contributed by atoms with E-state index in [2.05, 4.69) is 4.79 Å². The van der Waals surface area contributed by atoms with Gasteiger partial charge in [-0.05, 0) is 20.8 Å². The summed E-state index contributed by atoms with van der Waals surface area (Å²) in [5.41, 5.74) is 12.6. The maximum atomic E-state index is 11.2. The van der Waals surface area contributed by atoms with E-state index < -0.39 is 23.2 Å². The van der Waals surface area contributed by atoms with Crippen molar-refractivity contribution in [2.24, 2.45) is 5.73 Å². The molecule has 0 unspecified atom stereocenters. The molecule has 0 radical (unpaired) electrons. The van der Waals surface area contributed by atoms with Gasteiger partial charge in [0.15, 0.2) is 0 Å². The van der Waals surface area contributed by atoms with Crippen LogP contribution in [0.3, 0.4) is 0 Å². The lowest BCUT2D eigenvalue weighted by atomic mass is 10.2. The highest BCUT2D eigenvalue weighted by atomic mass is 16.6. The first-order valence-electron chi connectivity index (χ1n) is 4.49. The summed E-state index contributed by atoms with van der Waals surface area (Å²) in [6, 6.07) is 0. The van der Waals surface area contributed by atoms with Gasteiger partial charge in [0.25, 0.3) is 5.78 Å². The quantitative estimate of drug-likeness (QED) is 0.238. The summed E-state index contributed by atoms with van der Waals surface area (Å²) in [6.07, 6.45) is -0.197. The Morgan fingerprint density at radius 2 is 1.87 bits per heavy atom. The van der Waals surface area contributed by atoms with E-state index in [-0.39, 0.29) is 12.8 Å². The molecule has 84 valence electrons. The maximum Gasteiger partial charge on any atom is 0.394 e. The Bertz CT molecular complexity index is 311. The second-order valence-electron chi connectivity index (χ2n) is 3.99. The zero-order chi connectivity index (χ0) is 12.1. The highest BCUT2D eigenvalue weighted by Gasteiger charge is 2.19. The molecule has 0 spiro atoms. The molecule has 0 bridgehead atoms. The fourth-order valence-electron chi connectivity index (χ4n) is 0.792. The molecule has 0 atom stereocenters. The van der Waals surface area contributed by atoms with Gasteiger partial charge in [0.2, 0.25) is 0 Å². The molecule has 0 saturated carbocycles. The third kappa shape index (κ3) is 6.40. The minimum Gasteiger partial charge on any atom is -0.497 e. The van der Waals surface area contributed by atoms with E-state index in [0.717, 1.165) is 0 Å². The normalized spacial score (nSPS) is 10.3. The molecular formula is C9H15N3O3. The fourth-order valence-corrected chi connectivity index (χ4v) is 0.792. The van der Waals surface area contributed by atoms with Crippen LogP contribution in [0, 0.1) is 0 Å². The molecule has 0 heterocycles. The SMILES string of the molecule is CC(C)(C)OC(=O)CCC(=O)C(N)=[N+]=[N-]. The average Bonchev–Trinajstić information content (AvgIpc) is 2.10. The monoisotopic (exact) mass is 213 g/mol. The van der Waals surface area contributed by atoms with E-state index in [1.807, 2.05) is 0 Å². The lowest BCUT2D eigenvalue weighted by Crippen LogP contribution is -2.27. The third-order valence-electron chi connectivity index (χ3n) is 1.37. The predicted octanol–water partition coefficient (Wildman–Crippen LogP) is 0.264. The zero-order valence-corrected chi connectivity index (χ0v) is 9.11. The molecule has 0 fully saturated rings. The fraction of sp³-hybridized carbons (Fsp3) is 0.667. The largest absolute Gasteiger partial charge is 0.497 e. The molecule has 6 heteroatoms. The van der Waals surface area contributed by atoms with Gasteiger partial charge in [0.1, 0.15) is 5.60 Å². The standard InChI is InChI=1S/C9H15N3O3/c1-9(2,3)15-7(14)5-4-6(13)8(10)12-11/h4-5,10H2,1-3H3. The summed E-state index contributed by atoms with van der Waals surface area (Å²) in [6.45, 7) is 5.20. The number of hydrogen-bond donors (Lipinski definition) is 1. The topological polar surface area (TPSA) is 106 Å². The molecule has 0 aliphatic heterocycles. The van der Waals surface area contributed by atoms with Crippen LogP contribution in [-0.4, -0.2) is 28.0 Å². The Morgan fingerprint density at radius 3 is 2.27 bits per heavy atom. The Kier molecular flexibility index (Phi) is 4.67. The van der Waals surface area contributed by atoms with E-state index in [9.17, 15) is 9.59 Å². The van der Waals surface area contributed by atoms with Crippen molar-refractivity contribution in [1.82, 2.24) is 0 Å². The third-order valence-corrected chi connectivity index (χ3v) is 1.37. The van der Waals surface area contributed by atoms with Crippen LogP contribution in [0.1, 0.15) is 33.6 Å². The molecule has 0 rings (SSSR count). The molecule has 6 nitrogen and oxygen atoms in total. The highest BCUT2D eigenvalue weighted by molar-refractivity contribution is 6.36. The van der Waals surface area contributed by atoms with Gasteiger partial charge in [0, 0.05) is 6.42 Å². The van der Waals surface area contributed by atoms with Gasteiger partial charge in [0.05, 0.1) is 6.42 Å². The van der Waals surface area contributed by atoms with E-state index in [1.165, 1.54) is 0 Å². The van der Waals surface area contributed by atoms with Crippen molar-refractivity contribution >= 4 is 17.6 Å². The second kappa shape index (κ2) is 5.26. The Balaban J connectivity index is 4.03. The minimum atomic E-state index is -0.580. The van der Waals surface area contributed by atoms with Crippen LogP contribution in [0.2, 0.25) is 0 Å². The van der Waals surface area contributed by atoms with Crippen LogP contribution in [0.4, 0.5) is 0 Å². The Morgan fingerprint density at radius 1 is 1.33 bits per heavy atom. The van der Waals surface area contributed by atoms with E-state index in [0.29, 0.717) is 0 Å². The van der Waals surface area contributed by atoms with E-state index >= 15 is 0 Å². The van der Waals surface area contributed by atoms with Crippen molar-refractivity contribution in [2.75, 3.05) is 0 Å². The average molecular weight is 213 g/mol.